The minimum Gasteiger partial charge on any atom is -0.379 e. The molecule has 1 rings (SSSR count). The summed E-state index contributed by atoms with van der Waals surface area (Å²) in [5, 5.41) is 1.39. The van der Waals surface area contributed by atoms with Crippen molar-refractivity contribution < 1.29 is 0 Å². The fourth-order valence-electron chi connectivity index (χ4n) is 0.726. The van der Waals surface area contributed by atoms with Crippen molar-refractivity contribution in [2.75, 3.05) is 6.54 Å². The highest BCUT2D eigenvalue weighted by Crippen LogP contribution is 2.23. The fraction of sp³-hybridized carbons (Fsp3) is 0.833. The Bertz CT molecular complexity index is 133. The second-order valence-electron chi connectivity index (χ2n) is 2.48. The molecule has 0 saturated carbocycles. The van der Waals surface area contributed by atoms with Crippen LogP contribution >= 0.6 is 11.8 Å². The molecule has 2 N–H and O–H groups in total. The summed E-state index contributed by atoms with van der Waals surface area (Å²) >= 11 is 1.68. The van der Waals surface area contributed by atoms with Crippen molar-refractivity contribution in [3.63, 3.8) is 0 Å². The van der Waals surface area contributed by atoms with Crippen molar-refractivity contribution in [2.24, 2.45) is 16.6 Å². The van der Waals surface area contributed by atoms with E-state index in [1.54, 1.807) is 11.8 Å². The zero-order chi connectivity index (χ0) is 6.85. The minimum atomic E-state index is 0.641. The van der Waals surface area contributed by atoms with E-state index in [9.17, 15) is 0 Å². The summed E-state index contributed by atoms with van der Waals surface area (Å²) in [6.07, 6.45) is 0. The van der Waals surface area contributed by atoms with Crippen molar-refractivity contribution in [1.29, 1.82) is 0 Å². The predicted octanol–water partition coefficient (Wildman–Crippen LogP) is 1.07. The maximum Gasteiger partial charge on any atom is 0.154 e. The summed E-state index contributed by atoms with van der Waals surface area (Å²) in [5.41, 5.74) is 5.50. The summed E-state index contributed by atoms with van der Waals surface area (Å²) < 4.78 is 0. The van der Waals surface area contributed by atoms with Gasteiger partial charge in [0.15, 0.2) is 5.17 Å². The number of thioether (sulfide) groups is 1. The Morgan fingerprint density at radius 3 is 2.78 bits per heavy atom. The maximum atomic E-state index is 5.50. The number of hydrogen-bond acceptors (Lipinski definition) is 3. The largest absolute Gasteiger partial charge is 0.379 e. The van der Waals surface area contributed by atoms with Gasteiger partial charge in [-0.1, -0.05) is 25.6 Å². The number of nitrogens with two attached hydrogens (primary N) is 1. The van der Waals surface area contributed by atoms with Gasteiger partial charge < -0.3 is 5.73 Å². The molecule has 3 heteroatoms. The Balaban J connectivity index is 2.54. The van der Waals surface area contributed by atoms with Crippen LogP contribution in [0.4, 0.5) is 0 Å². The Hall–Kier alpha value is -0.180. The third-order valence-corrected chi connectivity index (χ3v) is 2.85. The van der Waals surface area contributed by atoms with Crippen LogP contribution in [0.1, 0.15) is 13.8 Å². The minimum absolute atomic E-state index is 0.641. The third-order valence-electron chi connectivity index (χ3n) is 1.64. The Kier molecular flexibility index (Phi) is 2.01. The van der Waals surface area contributed by atoms with E-state index >= 15 is 0 Å². The standard InChI is InChI=1S/C6H12N2S/c1-4-3-8-6(7)9-5(4)2/h4-5H,3H2,1-2H3,(H2,7,8)/t4-,5+/m0/s1. The molecule has 0 bridgehead atoms. The van der Waals surface area contributed by atoms with Gasteiger partial charge in [-0.25, -0.2) is 0 Å². The number of amidine groups is 1. The van der Waals surface area contributed by atoms with Crippen LogP contribution in [0, 0.1) is 5.92 Å². The quantitative estimate of drug-likeness (QED) is 0.552. The lowest BCUT2D eigenvalue weighted by atomic mass is 10.1. The van der Waals surface area contributed by atoms with Crippen LogP contribution in [0.3, 0.4) is 0 Å². The summed E-state index contributed by atoms with van der Waals surface area (Å²) in [4.78, 5) is 4.12. The second kappa shape index (κ2) is 2.60. The SMILES string of the molecule is C[C@H]1CN=C(N)S[C@@H]1C. The lowest BCUT2D eigenvalue weighted by molar-refractivity contribution is 0.587. The first kappa shape index (κ1) is 6.93. The van der Waals surface area contributed by atoms with Gasteiger partial charge in [0, 0.05) is 11.8 Å². The molecule has 1 aliphatic rings. The van der Waals surface area contributed by atoms with Gasteiger partial charge in [0.05, 0.1) is 0 Å². The molecular formula is C6H12N2S. The Morgan fingerprint density at radius 1 is 1.67 bits per heavy atom. The van der Waals surface area contributed by atoms with E-state index in [-0.39, 0.29) is 0 Å². The summed E-state index contributed by atoms with van der Waals surface area (Å²) in [7, 11) is 0. The summed E-state index contributed by atoms with van der Waals surface area (Å²) in [5.74, 6) is 0.683. The van der Waals surface area contributed by atoms with E-state index in [0.29, 0.717) is 11.2 Å². The highest BCUT2D eigenvalue weighted by molar-refractivity contribution is 8.14. The first-order valence-corrected chi connectivity index (χ1v) is 4.04. The third kappa shape index (κ3) is 1.61. The van der Waals surface area contributed by atoms with Crippen LogP contribution in [-0.2, 0) is 0 Å². The summed E-state index contributed by atoms with van der Waals surface area (Å²) in [6, 6.07) is 0. The van der Waals surface area contributed by atoms with Gasteiger partial charge in [-0.05, 0) is 5.92 Å². The van der Waals surface area contributed by atoms with Crippen LogP contribution in [0.5, 0.6) is 0 Å². The lowest BCUT2D eigenvalue weighted by Crippen LogP contribution is -2.25. The van der Waals surface area contributed by atoms with Crippen LogP contribution in [0.25, 0.3) is 0 Å². The molecule has 0 amide bonds. The molecule has 0 spiro atoms. The van der Waals surface area contributed by atoms with Gasteiger partial charge in [-0.15, -0.1) is 0 Å². The van der Waals surface area contributed by atoms with E-state index in [1.165, 1.54) is 0 Å². The molecule has 2 atom stereocenters. The normalized spacial score (nSPS) is 36.0. The van der Waals surface area contributed by atoms with E-state index in [1.807, 2.05) is 0 Å². The van der Waals surface area contributed by atoms with Gasteiger partial charge in [0.25, 0.3) is 0 Å². The van der Waals surface area contributed by atoms with Crippen molar-refractivity contribution in [3.05, 3.63) is 0 Å². The maximum absolute atomic E-state index is 5.50. The molecule has 2 nitrogen and oxygen atoms in total. The zero-order valence-corrected chi connectivity index (χ0v) is 6.61. The molecule has 0 fully saturated rings. The number of rotatable bonds is 0. The average molecular weight is 144 g/mol. The van der Waals surface area contributed by atoms with E-state index in [0.717, 1.165) is 11.7 Å². The van der Waals surface area contributed by atoms with Gasteiger partial charge >= 0.3 is 0 Å². The first-order valence-electron chi connectivity index (χ1n) is 3.16. The monoisotopic (exact) mass is 144 g/mol. The van der Waals surface area contributed by atoms with Crippen LogP contribution in [0.2, 0.25) is 0 Å². The van der Waals surface area contributed by atoms with Gasteiger partial charge in [-0.3, -0.25) is 4.99 Å². The van der Waals surface area contributed by atoms with Crippen LogP contribution in [-0.4, -0.2) is 17.0 Å². The number of nitrogens with zero attached hydrogens (tertiary/aromatic N) is 1. The van der Waals surface area contributed by atoms with E-state index in [4.69, 9.17) is 5.73 Å². The Labute approximate surface area is 59.9 Å². The molecular weight excluding hydrogens is 132 g/mol. The average Bonchev–Trinajstić information content (AvgIpc) is 1.80. The van der Waals surface area contributed by atoms with E-state index < -0.39 is 0 Å². The van der Waals surface area contributed by atoms with E-state index in [2.05, 4.69) is 18.8 Å². The van der Waals surface area contributed by atoms with Gasteiger partial charge in [-0.2, -0.15) is 0 Å². The van der Waals surface area contributed by atoms with Crippen molar-refractivity contribution >= 4 is 16.9 Å². The molecule has 52 valence electrons. The van der Waals surface area contributed by atoms with Crippen molar-refractivity contribution in [2.45, 2.75) is 19.1 Å². The number of aliphatic imine (C=N–C) groups is 1. The second-order valence-corrected chi connectivity index (χ2v) is 3.88. The molecule has 0 aromatic heterocycles. The molecule has 0 saturated heterocycles. The molecule has 0 aromatic rings. The lowest BCUT2D eigenvalue weighted by Gasteiger charge is -2.21. The molecule has 0 aromatic carbocycles. The molecule has 0 radical (unpaired) electrons. The van der Waals surface area contributed by atoms with Crippen LogP contribution in [0.15, 0.2) is 4.99 Å². The topological polar surface area (TPSA) is 38.4 Å². The zero-order valence-electron chi connectivity index (χ0n) is 5.79. The Morgan fingerprint density at radius 2 is 2.33 bits per heavy atom. The summed E-state index contributed by atoms with van der Waals surface area (Å²) in [6.45, 7) is 5.30. The molecule has 0 aliphatic carbocycles. The molecule has 0 unspecified atom stereocenters. The fourth-order valence-corrected chi connectivity index (χ4v) is 1.57. The molecule has 1 aliphatic heterocycles. The molecule has 9 heavy (non-hydrogen) atoms. The van der Waals surface area contributed by atoms with Gasteiger partial charge in [0.2, 0.25) is 0 Å². The van der Waals surface area contributed by atoms with Gasteiger partial charge in [0.1, 0.15) is 0 Å². The number of hydrogen-bond donors (Lipinski definition) is 1. The van der Waals surface area contributed by atoms with Crippen molar-refractivity contribution in [3.8, 4) is 0 Å². The highest BCUT2D eigenvalue weighted by atomic mass is 32.2. The van der Waals surface area contributed by atoms with Crippen LogP contribution < -0.4 is 5.73 Å². The molecule has 1 heterocycles. The smallest absolute Gasteiger partial charge is 0.154 e. The first-order chi connectivity index (χ1) is 4.20. The highest BCUT2D eigenvalue weighted by Gasteiger charge is 2.17. The predicted molar refractivity (Wildman–Crippen MR) is 42.7 cm³/mol. The van der Waals surface area contributed by atoms with Crippen molar-refractivity contribution in [1.82, 2.24) is 0 Å².